The fourth-order valence-electron chi connectivity index (χ4n) is 4.82. The predicted octanol–water partition coefficient (Wildman–Crippen LogP) is 4.74. The molecule has 33 heavy (non-hydrogen) atoms. The average molecular weight is 521 g/mol. The van der Waals surface area contributed by atoms with Gasteiger partial charge in [-0.25, -0.2) is 0 Å². The van der Waals surface area contributed by atoms with Crippen LogP contribution in [0.1, 0.15) is 51.3 Å². The van der Waals surface area contributed by atoms with Crippen molar-refractivity contribution in [1.29, 1.82) is 0 Å². The first-order valence-electron chi connectivity index (χ1n) is 13.0. The van der Waals surface area contributed by atoms with E-state index in [1.165, 1.54) is 12.5 Å². The van der Waals surface area contributed by atoms with Gasteiger partial charge in [0.25, 0.3) is 0 Å². The second kappa shape index (κ2) is 14.5. The SMILES string of the molecule is CCN(CC)C([Si]CCc1ccc([Si](C)C)c([Si](C)C)c1C(C)[Si](C)(C)OC)N(CC)CC. The molecule has 0 saturated heterocycles. The summed E-state index contributed by atoms with van der Waals surface area (Å²) in [5.41, 5.74) is 3.82. The smallest absolute Gasteiger partial charge is 0.193 e. The van der Waals surface area contributed by atoms with Crippen molar-refractivity contribution in [3.05, 3.63) is 23.3 Å². The second-order valence-corrected chi connectivity index (χ2v) is 21.1. The Morgan fingerprint density at radius 1 is 0.909 bits per heavy atom. The Morgan fingerprint density at radius 3 is 1.82 bits per heavy atom. The van der Waals surface area contributed by atoms with E-state index in [-0.39, 0.29) is 0 Å². The molecule has 1 aromatic rings. The zero-order valence-corrected chi connectivity index (χ0v) is 27.9. The number of hydrogen-bond acceptors (Lipinski definition) is 3. The molecule has 0 heterocycles. The molecular weight excluding hydrogens is 469 g/mol. The van der Waals surface area contributed by atoms with Crippen molar-refractivity contribution in [3.63, 3.8) is 0 Å². The Morgan fingerprint density at radius 2 is 1.42 bits per heavy atom. The molecule has 0 fully saturated rings. The van der Waals surface area contributed by atoms with E-state index < -0.39 is 25.9 Å². The van der Waals surface area contributed by atoms with E-state index >= 15 is 0 Å². The number of rotatable bonds is 15. The first kappa shape index (κ1) is 31.0. The highest BCUT2D eigenvalue weighted by molar-refractivity contribution is 6.83. The van der Waals surface area contributed by atoms with Crippen LogP contribution in [0.3, 0.4) is 0 Å². The third-order valence-electron chi connectivity index (χ3n) is 7.41. The zero-order valence-electron chi connectivity index (χ0n) is 23.9. The molecule has 0 amide bonds. The van der Waals surface area contributed by atoms with Gasteiger partial charge in [0.1, 0.15) is 0 Å². The maximum absolute atomic E-state index is 6.15. The molecule has 7 heteroatoms. The average Bonchev–Trinajstić information content (AvgIpc) is 2.78. The van der Waals surface area contributed by atoms with Crippen LogP contribution < -0.4 is 10.4 Å². The Labute approximate surface area is 213 Å². The highest BCUT2D eigenvalue weighted by Gasteiger charge is 2.35. The molecule has 1 aromatic carbocycles. The maximum atomic E-state index is 6.15. The van der Waals surface area contributed by atoms with Crippen molar-refractivity contribution < 1.29 is 4.43 Å². The predicted molar refractivity (Wildman–Crippen MR) is 157 cm³/mol. The summed E-state index contributed by atoms with van der Waals surface area (Å²) in [5.74, 6) is 0.581. The summed E-state index contributed by atoms with van der Waals surface area (Å²) in [6.07, 6.45) is 1.20. The number of hydrogen-bond donors (Lipinski definition) is 0. The summed E-state index contributed by atoms with van der Waals surface area (Å²) in [4.78, 5) is 5.32. The molecule has 0 saturated carbocycles. The molecule has 4 radical (unpaired) electrons. The fourth-order valence-corrected chi connectivity index (χ4v) is 12.3. The van der Waals surface area contributed by atoms with Gasteiger partial charge in [-0.2, -0.15) is 0 Å². The van der Waals surface area contributed by atoms with Crippen LogP contribution in [0.4, 0.5) is 0 Å². The molecule has 0 aliphatic rings. The zero-order chi connectivity index (χ0) is 25.3. The molecule has 0 bridgehead atoms. The Bertz CT molecular complexity index is 692. The Balaban J connectivity index is 3.38. The van der Waals surface area contributed by atoms with Gasteiger partial charge in [-0.3, -0.25) is 9.80 Å². The summed E-state index contributed by atoms with van der Waals surface area (Å²) in [6, 6.07) is 6.28. The van der Waals surface area contributed by atoms with Gasteiger partial charge in [0.05, 0.1) is 27.1 Å². The van der Waals surface area contributed by atoms with E-state index in [0.717, 1.165) is 35.7 Å². The molecular formula is C26H52N2OSi4. The van der Waals surface area contributed by atoms with Crippen molar-refractivity contribution in [1.82, 2.24) is 9.80 Å². The highest BCUT2D eigenvalue weighted by atomic mass is 28.4. The Kier molecular flexibility index (Phi) is 13.6. The fraction of sp³-hybridized carbons (Fsp3) is 0.769. The van der Waals surface area contributed by atoms with Gasteiger partial charge in [0.2, 0.25) is 0 Å². The second-order valence-electron chi connectivity index (χ2n) is 10.1. The van der Waals surface area contributed by atoms with Crippen LogP contribution in [0.25, 0.3) is 0 Å². The van der Waals surface area contributed by atoms with Crippen LogP contribution in [-0.4, -0.2) is 84.3 Å². The minimum atomic E-state index is -1.79. The number of benzene rings is 1. The first-order valence-corrected chi connectivity index (χ1v) is 22.3. The van der Waals surface area contributed by atoms with Crippen molar-refractivity contribution in [2.24, 2.45) is 0 Å². The van der Waals surface area contributed by atoms with E-state index in [1.54, 1.807) is 21.5 Å². The number of nitrogens with zero attached hydrogens (tertiary/aromatic N) is 2. The molecule has 0 aliphatic heterocycles. The standard InChI is InChI=1S/C26H52N2OSi4/c1-13-27(14-2)26(28(15-3)16-4)30-20-19-22-17-18-23(31(7)8)25(32(9)10)24(22)21(5)33(11,12)29-6/h17-18,21,26H,13-16,19-20H2,1-12H3. The van der Waals surface area contributed by atoms with Crippen LogP contribution >= 0.6 is 0 Å². The van der Waals surface area contributed by atoms with Crippen LogP contribution in [0.15, 0.2) is 12.1 Å². The summed E-state index contributed by atoms with van der Waals surface area (Å²) in [5, 5.41) is 3.42. The van der Waals surface area contributed by atoms with E-state index in [9.17, 15) is 0 Å². The van der Waals surface area contributed by atoms with Gasteiger partial charge in [-0.1, -0.05) is 89.4 Å². The van der Waals surface area contributed by atoms with E-state index in [4.69, 9.17) is 4.43 Å². The van der Waals surface area contributed by atoms with E-state index in [0.29, 0.717) is 11.3 Å². The van der Waals surface area contributed by atoms with Crippen molar-refractivity contribution in [2.45, 2.75) is 97.7 Å². The summed E-state index contributed by atoms with van der Waals surface area (Å²) in [6.45, 7) is 31.0. The highest BCUT2D eigenvalue weighted by Crippen LogP contribution is 2.29. The molecule has 1 unspecified atom stereocenters. The van der Waals surface area contributed by atoms with Crippen molar-refractivity contribution in [2.75, 3.05) is 33.3 Å². The Hall–Kier alpha value is -0.0325. The van der Waals surface area contributed by atoms with E-state index in [2.05, 4.69) is 95.8 Å². The summed E-state index contributed by atoms with van der Waals surface area (Å²) >= 11 is 0. The lowest BCUT2D eigenvalue weighted by molar-refractivity contribution is 0.115. The van der Waals surface area contributed by atoms with Gasteiger partial charge in [-0.05, 0) is 56.8 Å². The van der Waals surface area contributed by atoms with E-state index in [1.807, 2.05) is 7.11 Å². The molecule has 0 aromatic heterocycles. The third kappa shape index (κ3) is 7.98. The van der Waals surface area contributed by atoms with Crippen LogP contribution in [0.5, 0.6) is 0 Å². The molecule has 3 nitrogen and oxygen atoms in total. The van der Waals surface area contributed by atoms with Crippen LogP contribution in [0, 0.1) is 0 Å². The van der Waals surface area contributed by atoms with Crippen LogP contribution in [0.2, 0.25) is 45.3 Å². The monoisotopic (exact) mass is 520 g/mol. The molecule has 0 N–H and O–H groups in total. The molecule has 0 aliphatic carbocycles. The largest absolute Gasteiger partial charge is 0.420 e. The van der Waals surface area contributed by atoms with Gasteiger partial charge in [0, 0.05) is 18.4 Å². The maximum Gasteiger partial charge on any atom is 0.193 e. The lowest BCUT2D eigenvalue weighted by Gasteiger charge is -2.38. The topological polar surface area (TPSA) is 15.7 Å². The van der Waals surface area contributed by atoms with Crippen molar-refractivity contribution >= 4 is 45.8 Å². The lowest BCUT2D eigenvalue weighted by Crippen LogP contribution is -2.52. The summed E-state index contributed by atoms with van der Waals surface area (Å²) in [7, 11) is 0.0398. The summed E-state index contributed by atoms with van der Waals surface area (Å²) < 4.78 is 6.15. The molecule has 0 spiro atoms. The van der Waals surface area contributed by atoms with Gasteiger partial charge < -0.3 is 4.43 Å². The quantitative estimate of drug-likeness (QED) is 0.245. The number of aryl methyl sites for hydroxylation is 1. The minimum Gasteiger partial charge on any atom is -0.420 e. The lowest BCUT2D eigenvalue weighted by atomic mass is 10.0. The third-order valence-corrected chi connectivity index (χ3v) is 15.8. The minimum absolute atomic E-state index is 0.490. The van der Waals surface area contributed by atoms with Gasteiger partial charge in [-0.15, -0.1) is 0 Å². The first-order chi connectivity index (χ1) is 15.5. The molecule has 188 valence electrons. The van der Waals surface area contributed by atoms with Crippen molar-refractivity contribution in [3.8, 4) is 0 Å². The van der Waals surface area contributed by atoms with Gasteiger partial charge >= 0.3 is 0 Å². The molecule has 1 atom stereocenters. The normalized spacial score (nSPS) is 13.8. The van der Waals surface area contributed by atoms with Crippen LogP contribution in [-0.2, 0) is 10.8 Å². The molecule has 1 rings (SSSR count). The van der Waals surface area contributed by atoms with Gasteiger partial charge in [0.15, 0.2) is 8.32 Å².